The van der Waals surface area contributed by atoms with Crippen LogP contribution in [-0.2, 0) is 13.0 Å². The lowest BCUT2D eigenvalue weighted by atomic mass is 10.0. The average Bonchev–Trinajstić information content (AvgIpc) is 3.11. The van der Waals surface area contributed by atoms with Crippen LogP contribution in [0.15, 0.2) is 36.7 Å². The highest BCUT2D eigenvalue weighted by Crippen LogP contribution is 2.33. The van der Waals surface area contributed by atoms with E-state index in [1.165, 1.54) is 18.5 Å². The molecule has 164 valence electrons. The van der Waals surface area contributed by atoms with Crippen LogP contribution in [0, 0.1) is 10.1 Å². The first-order chi connectivity index (χ1) is 14.8. The van der Waals surface area contributed by atoms with Crippen LogP contribution in [0.25, 0.3) is 10.2 Å². The van der Waals surface area contributed by atoms with Crippen LogP contribution in [0.5, 0.6) is 0 Å². The van der Waals surface area contributed by atoms with E-state index >= 15 is 0 Å². The van der Waals surface area contributed by atoms with Gasteiger partial charge in [0, 0.05) is 42.7 Å². The number of aromatic nitrogens is 2. The Labute approximate surface area is 180 Å². The smallest absolute Gasteiger partial charge is 0.367 e. The van der Waals surface area contributed by atoms with Crippen molar-refractivity contribution in [3.05, 3.63) is 57.2 Å². The highest BCUT2D eigenvalue weighted by molar-refractivity contribution is 7.18. The summed E-state index contributed by atoms with van der Waals surface area (Å²) in [7, 11) is 0. The third-order valence-corrected chi connectivity index (χ3v) is 6.25. The fourth-order valence-electron chi connectivity index (χ4n) is 3.76. The predicted molar refractivity (Wildman–Crippen MR) is 112 cm³/mol. The normalized spacial score (nSPS) is 16.0. The monoisotopic (exact) mass is 451 g/mol. The van der Waals surface area contributed by atoms with E-state index in [4.69, 9.17) is 0 Å². The first-order valence-corrected chi connectivity index (χ1v) is 10.6. The van der Waals surface area contributed by atoms with E-state index in [-0.39, 0.29) is 16.6 Å². The van der Waals surface area contributed by atoms with Gasteiger partial charge in [-0.1, -0.05) is 12.1 Å². The number of likely N-dealkylation sites (tertiary alicyclic amines) is 1. The summed E-state index contributed by atoms with van der Waals surface area (Å²) in [5.41, 5.74) is 0.982. The topological polar surface area (TPSA) is 84.2 Å². The molecule has 0 radical (unpaired) electrons. The van der Waals surface area contributed by atoms with E-state index in [2.05, 4.69) is 20.2 Å². The lowest BCUT2D eigenvalue weighted by Gasteiger charge is -2.32. The summed E-state index contributed by atoms with van der Waals surface area (Å²) in [6.45, 7) is 2.24. The van der Waals surface area contributed by atoms with Crippen molar-refractivity contribution in [3.63, 3.8) is 0 Å². The van der Waals surface area contributed by atoms with Gasteiger partial charge in [0.25, 0.3) is 5.69 Å². The number of hydrogen-bond acceptors (Lipinski definition) is 7. The van der Waals surface area contributed by atoms with Crippen LogP contribution in [0.4, 0.5) is 24.7 Å². The van der Waals surface area contributed by atoms with Crippen molar-refractivity contribution in [2.45, 2.75) is 38.0 Å². The maximum absolute atomic E-state index is 12.7. The number of benzene rings is 1. The SMILES string of the molecule is O=[N+]([O-])c1cccc(CN2CCC(Nc3ncnc4sc(CC(F)(F)F)cc34)CC2)c1. The van der Waals surface area contributed by atoms with E-state index in [1.807, 2.05) is 6.07 Å². The molecule has 0 aliphatic carbocycles. The van der Waals surface area contributed by atoms with Crippen molar-refractivity contribution < 1.29 is 18.1 Å². The molecule has 31 heavy (non-hydrogen) atoms. The number of nitro benzene ring substituents is 1. The van der Waals surface area contributed by atoms with Gasteiger partial charge in [0.1, 0.15) is 17.0 Å². The molecule has 2 aromatic heterocycles. The van der Waals surface area contributed by atoms with E-state index < -0.39 is 17.5 Å². The molecule has 1 aromatic carbocycles. The van der Waals surface area contributed by atoms with Gasteiger partial charge in [-0.25, -0.2) is 9.97 Å². The number of nitro groups is 1. The highest BCUT2D eigenvalue weighted by Gasteiger charge is 2.29. The zero-order valence-electron chi connectivity index (χ0n) is 16.4. The lowest BCUT2D eigenvalue weighted by molar-refractivity contribution is -0.384. The Bertz CT molecular complexity index is 1080. The average molecular weight is 451 g/mol. The van der Waals surface area contributed by atoms with Gasteiger partial charge in [-0.3, -0.25) is 15.0 Å². The molecule has 7 nitrogen and oxygen atoms in total. The first kappa shape index (κ1) is 21.4. The lowest BCUT2D eigenvalue weighted by Crippen LogP contribution is -2.38. The molecule has 4 rings (SSSR count). The number of piperidine rings is 1. The molecule has 1 fully saturated rings. The number of alkyl halides is 3. The fourth-order valence-corrected chi connectivity index (χ4v) is 4.79. The van der Waals surface area contributed by atoms with Gasteiger partial charge in [0.05, 0.1) is 16.7 Å². The molecule has 0 bridgehead atoms. The molecule has 0 saturated carbocycles. The molecular formula is C20H20F3N5O2S. The molecule has 1 N–H and O–H groups in total. The van der Waals surface area contributed by atoms with Crippen molar-refractivity contribution in [1.29, 1.82) is 0 Å². The third kappa shape index (κ3) is 5.47. The number of halogens is 3. The van der Waals surface area contributed by atoms with Gasteiger partial charge in [-0.05, 0) is 24.5 Å². The molecule has 0 atom stereocenters. The molecule has 3 aromatic rings. The van der Waals surface area contributed by atoms with Crippen LogP contribution in [0.2, 0.25) is 0 Å². The number of rotatable bonds is 6. The standard InChI is InChI=1S/C20H20F3N5O2S/c21-20(22,23)10-16-9-17-18(24-12-25-19(17)31-16)26-14-4-6-27(7-5-14)11-13-2-1-3-15(8-13)28(29)30/h1-3,8-9,12,14H,4-7,10-11H2,(H,24,25,26). The second-order valence-corrected chi connectivity index (χ2v) is 8.68. The van der Waals surface area contributed by atoms with Gasteiger partial charge >= 0.3 is 6.18 Å². The van der Waals surface area contributed by atoms with Crippen molar-refractivity contribution in [2.24, 2.45) is 0 Å². The Morgan fingerprint density at radius 1 is 1.23 bits per heavy atom. The summed E-state index contributed by atoms with van der Waals surface area (Å²) in [5, 5.41) is 14.9. The first-order valence-electron chi connectivity index (χ1n) is 9.79. The summed E-state index contributed by atoms with van der Waals surface area (Å²) >= 11 is 1.04. The Hall–Kier alpha value is -2.79. The Kier molecular flexibility index (Phi) is 6.05. The second kappa shape index (κ2) is 8.75. The quantitative estimate of drug-likeness (QED) is 0.429. The van der Waals surface area contributed by atoms with E-state index in [0.717, 1.165) is 42.8 Å². The molecule has 3 heterocycles. The minimum Gasteiger partial charge on any atom is -0.367 e. The minimum absolute atomic E-state index is 0.0856. The summed E-state index contributed by atoms with van der Waals surface area (Å²) in [4.78, 5) is 21.9. The highest BCUT2D eigenvalue weighted by atomic mass is 32.1. The number of non-ortho nitro benzene ring substituents is 1. The largest absolute Gasteiger partial charge is 0.393 e. The number of hydrogen-bond donors (Lipinski definition) is 1. The molecule has 0 amide bonds. The van der Waals surface area contributed by atoms with Crippen LogP contribution >= 0.6 is 11.3 Å². The van der Waals surface area contributed by atoms with Crippen LogP contribution < -0.4 is 5.32 Å². The minimum atomic E-state index is -4.26. The molecule has 1 aliphatic heterocycles. The van der Waals surface area contributed by atoms with Crippen LogP contribution in [0.1, 0.15) is 23.3 Å². The van der Waals surface area contributed by atoms with Gasteiger partial charge in [0.15, 0.2) is 0 Å². The number of nitrogens with one attached hydrogen (secondary N) is 1. The van der Waals surface area contributed by atoms with Crippen molar-refractivity contribution >= 4 is 33.1 Å². The Morgan fingerprint density at radius 3 is 2.71 bits per heavy atom. The van der Waals surface area contributed by atoms with E-state index in [0.29, 0.717) is 22.6 Å². The third-order valence-electron chi connectivity index (χ3n) is 5.21. The molecule has 0 spiro atoms. The van der Waals surface area contributed by atoms with Crippen LogP contribution in [0.3, 0.4) is 0 Å². The molecule has 11 heteroatoms. The molecule has 0 unspecified atom stereocenters. The number of anilines is 1. The summed E-state index contributed by atoms with van der Waals surface area (Å²) in [6.07, 6.45) is -2.19. The maximum Gasteiger partial charge on any atom is 0.393 e. The van der Waals surface area contributed by atoms with Crippen molar-refractivity contribution in [3.8, 4) is 0 Å². The maximum atomic E-state index is 12.7. The number of nitrogens with zero attached hydrogens (tertiary/aromatic N) is 4. The van der Waals surface area contributed by atoms with E-state index in [1.54, 1.807) is 12.1 Å². The van der Waals surface area contributed by atoms with Gasteiger partial charge < -0.3 is 5.32 Å². The van der Waals surface area contributed by atoms with Crippen molar-refractivity contribution in [2.75, 3.05) is 18.4 Å². The van der Waals surface area contributed by atoms with Crippen LogP contribution in [-0.4, -0.2) is 45.1 Å². The van der Waals surface area contributed by atoms with Crippen molar-refractivity contribution in [1.82, 2.24) is 14.9 Å². The molecular weight excluding hydrogens is 431 g/mol. The zero-order chi connectivity index (χ0) is 22.0. The van der Waals surface area contributed by atoms with Gasteiger partial charge in [-0.2, -0.15) is 13.2 Å². The van der Waals surface area contributed by atoms with Gasteiger partial charge in [-0.15, -0.1) is 11.3 Å². The van der Waals surface area contributed by atoms with E-state index in [9.17, 15) is 23.3 Å². The zero-order valence-corrected chi connectivity index (χ0v) is 17.2. The second-order valence-electron chi connectivity index (χ2n) is 7.57. The molecule has 1 saturated heterocycles. The molecule has 1 aliphatic rings. The van der Waals surface area contributed by atoms with Gasteiger partial charge in [0.2, 0.25) is 0 Å². The fraction of sp³-hybridized carbons (Fsp3) is 0.400. The Balaban J connectivity index is 1.37. The summed E-state index contributed by atoms with van der Waals surface area (Å²) < 4.78 is 38.1. The predicted octanol–water partition coefficient (Wildman–Crippen LogP) is 4.78. The number of thiophene rings is 1. The summed E-state index contributed by atoms with van der Waals surface area (Å²) in [5.74, 6) is 0.562. The number of fused-ring (bicyclic) bond motifs is 1. The Morgan fingerprint density at radius 2 is 2.00 bits per heavy atom. The summed E-state index contributed by atoms with van der Waals surface area (Å²) in [6, 6.07) is 8.31.